The molecule has 0 spiro atoms. The third kappa shape index (κ3) is 2.37. The molecule has 2 aromatic rings. The predicted molar refractivity (Wildman–Crippen MR) is 56.8 cm³/mol. The summed E-state index contributed by atoms with van der Waals surface area (Å²) >= 11 is 0. The van der Waals surface area contributed by atoms with Crippen molar-refractivity contribution >= 4 is 16.9 Å². The molecule has 1 heterocycles. The summed E-state index contributed by atoms with van der Waals surface area (Å²) in [5, 5.41) is 9.59. The standard InChI is InChI=1S/C12H12O3/c13-12(14)3-1-2-9-4-5-10-6-7-15-11(10)8-9/h4-8H,1-3H2,(H,13,14). The van der Waals surface area contributed by atoms with Crippen molar-refractivity contribution in [2.75, 3.05) is 0 Å². The van der Waals surface area contributed by atoms with Crippen LogP contribution >= 0.6 is 0 Å². The van der Waals surface area contributed by atoms with Gasteiger partial charge < -0.3 is 9.52 Å². The Labute approximate surface area is 87.3 Å². The van der Waals surface area contributed by atoms with Gasteiger partial charge in [0.15, 0.2) is 0 Å². The number of aliphatic carboxylic acids is 1. The maximum Gasteiger partial charge on any atom is 0.303 e. The topological polar surface area (TPSA) is 50.4 Å². The molecule has 0 aliphatic carbocycles. The van der Waals surface area contributed by atoms with Crippen LogP contribution in [0, 0.1) is 0 Å². The van der Waals surface area contributed by atoms with Crippen LogP contribution in [0.2, 0.25) is 0 Å². The lowest BCUT2D eigenvalue weighted by Crippen LogP contribution is -1.95. The second-order valence-electron chi connectivity index (χ2n) is 3.54. The molecule has 0 unspecified atom stereocenters. The van der Waals surface area contributed by atoms with Crippen molar-refractivity contribution < 1.29 is 14.3 Å². The monoisotopic (exact) mass is 204 g/mol. The molecule has 0 amide bonds. The fourth-order valence-corrected chi connectivity index (χ4v) is 1.60. The summed E-state index contributed by atoms with van der Waals surface area (Å²) < 4.78 is 5.27. The lowest BCUT2D eigenvalue weighted by atomic mass is 10.1. The summed E-state index contributed by atoms with van der Waals surface area (Å²) in [6.45, 7) is 0. The van der Waals surface area contributed by atoms with Crippen LogP contribution in [0.1, 0.15) is 18.4 Å². The van der Waals surface area contributed by atoms with Gasteiger partial charge in [0, 0.05) is 11.8 Å². The van der Waals surface area contributed by atoms with E-state index in [0.29, 0.717) is 6.42 Å². The smallest absolute Gasteiger partial charge is 0.303 e. The lowest BCUT2D eigenvalue weighted by Gasteiger charge is -1.99. The van der Waals surface area contributed by atoms with Gasteiger partial charge in [-0.15, -0.1) is 0 Å². The van der Waals surface area contributed by atoms with E-state index >= 15 is 0 Å². The Balaban J connectivity index is 2.04. The molecule has 78 valence electrons. The van der Waals surface area contributed by atoms with Crippen molar-refractivity contribution in [3.05, 3.63) is 36.1 Å². The predicted octanol–water partition coefficient (Wildman–Crippen LogP) is 2.84. The largest absolute Gasteiger partial charge is 0.481 e. The zero-order chi connectivity index (χ0) is 10.7. The number of hydrogen-bond donors (Lipinski definition) is 1. The van der Waals surface area contributed by atoms with Crippen LogP contribution in [0.3, 0.4) is 0 Å². The fraction of sp³-hybridized carbons (Fsp3) is 0.250. The van der Waals surface area contributed by atoms with E-state index in [1.807, 2.05) is 24.3 Å². The summed E-state index contributed by atoms with van der Waals surface area (Å²) in [7, 11) is 0. The van der Waals surface area contributed by atoms with Gasteiger partial charge in [0.2, 0.25) is 0 Å². The minimum atomic E-state index is -0.742. The molecule has 1 aromatic heterocycles. The van der Waals surface area contributed by atoms with E-state index in [9.17, 15) is 4.79 Å². The Kier molecular flexibility index (Phi) is 2.72. The van der Waals surface area contributed by atoms with E-state index in [1.54, 1.807) is 6.26 Å². The molecule has 0 bridgehead atoms. The molecule has 0 saturated carbocycles. The van der Waals surface area contributed by atoms with E-state index in [-0.39, 0.29) is 6.42 Å². The molecule has 0 radical (unpaired) electrons. The Morgan fingerprint density at radius 3 is 3.00 bits per heavy atom. The number of aryl methyl sites for hydroxylation is 1. The maximum atomic E-state index is 10.3. The van der Waals surface area contributed by atoms with Crippen LogP contribution in [-0.4, -0.2) is 11.1 Å². The number of carbonyl (C=O) groups is 1. The first-order valence-corrected chi connectivity index (χ1v) is 4.93. The first kappa shape index (κ1) is 9.77. The summed E-state index contributed by atoms with van der Waals surface area (Å²) in [5.41, 5.74) is 1.99. The van der Waals surface area contributed by atoms with Gasteiger partial charge in [0.05, 0.1) is 6.26 Å². The van der Waals surface area contributed by atoms with Crippen molar-refractivity contribution in [1.29, 1.82) is 0 Å². The highest BCUT2D eigenvalue weighted by molar-refractivity contribution is 5.77. The van der Waals surface area contributed by atoms with Gasteiger partial charge in [-0.1, -0.05) is 12.1 Å². The van der Waals surface area contributed by atoms with Gasteiger partial charge in [-0.2, -0.15) is 0 Å². The van der Waals surface area contributed by atoms with E-state index in [2.05, 4.69) is 0 Å². The molecule has 0 saturated heterocycles. The number of carboxylic acids is 1. The minimum absolute atomic E-state index is 0.218. The van der Waals surface area contributed by atoms with Gasteiger partial charge >= 0.3 is 5.97 Å². The molecule has 15 heavy (non-hydrogen) atoms. The molecule has 0 atom stereocenters. The number of furan rings is 1. The van der Waals surface area contributed by atoms with Crippen molar-refractivity contribution in [2.45, 2.75) is 19.3 Å². The van der Waals surface area contributed by atoms with Crippen LogP contribution in [-0.2, 0) is 11.2 Å². The van der Waals surface area contributed by atoms with Crippen molar-refractivity contribution in [3.63, 3.8) is 0 Å². The fourth-order valence-electron chi connectivity index (χ4n) is 1.60. The number of carboxylic acid groups (broad SMARTS) is 1. The van der Waals surface area contributed by atoms with Gasteiger partial charge in [-0.25, -0.2) is 0 Å². The van der Waals surface area contributed by atoms with E-state index < -0.39 is 5.97 Å². The van der Waals surface area contributed by atoms with Gasteiger partial charge in [0.25, 0.3) is 0 Å². The molecule has 3 heteroatoms. The molecule has 0 aliphatic rings. The third-order valence-corrected chi connectivity index (χ3v) is 2.38. The maximum absolute atomic E-state index is 10.3. The zero-order valence-electron chi connectivity index (χ0n) is 8.27. The Bertz CT molecular complexity index is 470. The molecule has 0 fully saturated rings. The summed E-state index contributed by atoms with van der Waals surface area (Å²) in [6.07, 6.45) is 3.33. The SMILES string of the molecule is O=C(O)CCCc1ccc2ccoc2c1. The number of hydrogen-bond acceptors (Lipinski definition) is 2. The third-order valence-electron chi connectivity index (χ3n) is 2.38. The van der Waals surface area contributed by atoms with Gasteiger partial charge in [-0.05, 0) is 30.5 Å². The summed E-state index contributed by atoms with van der Waals surface area (Å²) in [5.74, 6) is -0.742. The van der Waals surface area contributed by atoms with Crippen molar-refractivity contribution in [3.8, 4) is 0 Å². The molecule has 1 aromatic carbocycles. The van der Waals surface area contributed by atoms with Crippen LogP contribution in [0.5, 0.6) is 0 Å². The Hall–Kier alpha value is -1.77. The lowest BCUT2D eigenvalue weighted by molar-refractivity contribution is -0.137. The van der Waals surface area contributed by atoms with Gasteiger partial charge in [0.1, 0.15) is 5.58 Å². The molecule has 3 nitrogen and oxygen atoms in total. The number of benzene rings is 1. The first-order valence-electron chi connectivity index (χ1n) is 4.93. The van der Waals surface area contributed by atoms with Crippen molar-refractivity contribution in [2.24, 2.45) is 0 Å². The Morgan fingerprint density at radius 1 is 1.33 bits per heavy atom. The molecule has 1 N–H and O–H groups in total. The van der Waals surface area contributed by atoms with E-state index in [1.165, 1.54) is 0 Å². The molecule has 0 aliphatic heterocycles. The van der Waals surface area contributed by atoms with Crippen LogP contribution in [0.15, 0.2) is 34.9 Å². The van der Waals surface area contributed by atoms with E-state index in [4.69, 9.17) is 9.52 Å². The number of fused-ring (bicyclic) bond motifs is 1. The second kappa shape index (κ2) is 4.17. The number of rotatable bonds is 4. The minimum Gasteiger partial charge on any atom is -0.481 e. The molecule has 2 rings (SSSR count). The first-order chi connectivity index (χ1) is 7.25. The second-order valence-corrected chi connectivity index (χ2v) is 3.54. The quantitative estimate of drug-likeness (QED) is 0.833. The van der Waals surface area contributed by atoms with Crippen LogP contribution in [0.25, 0.3) is 11.0 Å². The highest BCUT2D eigenvalue weighted by Gasteiger charge is 2.01. The van der Waals surface area contributed by atoms with E-state index in [0.717, 1.165) is 23.0 Å². The summed E-state index contributed by atoms with van der Waals surface area (Å²) in [4.78, 5) is 10.3. The van der Waals surface area contributed by atoms with Crippen molar-refractivity contribution in [1.82, 2.24) is 0 Å². The Morgan fingerprint density at radius 2 is 2.20 bits per heavy atom. The highest BCUT2D eigenvalue weighted by atomic mass is 16.4. The average molecular weight is 204 g/mol. The van der Waals surface area contributed by atoms with Crippen LogP contribution in [0.4, 0.5) is 0 Å². The average Bonchev–Trinajstić information content (AvgIpc) is 2.64. The molecular formula is C12H12O3. The molecular weight excluding hydrogens is 192 g/mol. The summed E-state index contributed by atoms with van der Waals surface area (Å²) in [6, 6.07) is 7.89. The normalized spacial score (nSPS) is 10.7. The zero-order valence-corrected chi connectivity index (χ0v) is 8.27. The van der Waals surface area contributed by atoms with Crippen LogP contribution < -0.4 is 0 Å². The highest BCUT2D eigenvalue weighted by Crippen LogP contribution is 2.18. The van der Waals surface area contributed by atoms with Gasteiger partial charge in [-0.3, -0.25) is 4.79 Å².